The van der Waals surface area contributed by atoms with Crippen molar-refractivity contribution in [3.05, 3.63) is 0 Å². The van der Waals surface area contributed by atoms with Crippen LogP contribution in [0.15, 0.2) is 0 Å². The predicted molar refractivity (Wildman–Crippen MR) is 65.7 cm³/mol. The van der Waals surface area contributed by atoms with Gasteiger partial charge in [-0.3, -0.25) is 4.79 Å². The summed E-state index contributed by atoms with van der Waals surface area (Å²) in [7, 11) is 0. The van der Waals surface area contributed by atoms with Crippen molar-refractivity contribution in [2.75, 3.05) is 33.0 Å². The number of carboxylic acid groups (broad SMARTS) is 1. The van der Waals surface area contributed by atoms with E-state index in [1.807, 2.05) is 6.92 Å². The number of carbonyl (C=O) groups excluding carboxylic acids is 1. The Bertz CT molecular complexity index is 354. The van der Waals surface area contributed by atoms with Gasteiger partial charge in [0.25, 0.3) is 0 Å². The first-order valence-electron chi connectivity index (χ1n) is 6.53. The molecule has 0 aliphatic carbocycles. The molecule has 3 unspecified atom stereocenters. The summed E-state index contributed by atoms with van der Waals surface area (Å²) in [6.07, 6.45) is 0.299. The lowest BCUT2D eigenvalue weighted by atomic mass is 9.95. The van der Waals surface area contributed by atoms with Gasteiger partial charge in [-0.2, -0.15) is 0 Å². The molecule has 1 amide bonds. The first kappa shape index (κ1) is 14.2. The second kappa shape index (κ2) is 5.85. The Morgan fingerprint density at radius 1 is 1.37 bits per heavy atom. The molecular formula is C12H20N2O5. The number of nitrogens with one attached hydrogen (secondary N) is 2. The number of ether oxygens (including phenoxy) is 2. The highest BCUT2D eigenvalue weighted by Crippen LogP contribution is 2.21. The summed E-state index contributed by atoms with van der Waals surface area (Å²) in [6.45, 7) is 3.86. The van der Waals surface area contributed by atoms with Gasteiger partial charge in [-0.25, -0.2) is 4.79 Å². The molecule has 3 atom stereocenters. The van der Waals surface area contributed by atoms with Crippen molar-refractivity contribution in [3.63, 3.8) is 0 Å². The van der Waals surface area contributed by atoms with Crippen LogP contribution in [0.1, 0.15) is 13.3 Å². The molecule has 7 heteroatoms. The van der Waals surface area contributed by atoms with Gasteiger partial charge in [0.1, 0.15) is 0 Å². The number of rotatable bonds is 5. The molecule has 19 heavy (non-hydrogen) atoms. The van der Waals surface area contributed by atoms with Crippen LogP contribution in [0.4, 0.5) is 0 Å². The van der Waals surface area contributed by atoms with Crippen molar-refractivity contribution in [2.45, 2.75) is 24.9 Å². The zero-order valence-corrected chi connectivity index (χ0v) is 11.0. The molecule has 0 aromatic carbocycles. The topological polar surface area (TPSA) is 96.9 Å². The fourth-order valence-electron chi connectivity index (χ4n) is 2.49. The summed E-state index contributed by atoms with van der Waals surface area (Å²) in [5.74, 6) is -1.68. The highest BCUT2D eigenvalue weighted by molar-refractivity contribution is 5.89. The molecule has 2 aliphatic heterocycles. The molecule has 0 radical (unpaired) electrons. The Labute approximate surface area is 111 Å². The molecular weight excluding hydrogens is 252 g/mol. The maximum absolute atomic E-state index is 12.2. The fraction of sp³-hybridized carbons (Fsp3) is 0.833. The Hall–Kier alpha value is -1.18. The summed E-state index contributed by atoms with van der Waals surface area (Å²) in [5.41, 5.74) is -1.28. The minimum Gasteiger partial charge on any atom is -0.479 e. The van der Waals surface area contributed by atoms with E-state index < -0.39 is 11.5 Å². The van der Waals surface area contributed by atoms with Crippen molar-refractivity contribution in [2.24, 2.45) is 5.92 Å². The molecule has 2 fully saturated rings. The Balaban J connectivity index is 2.01. The van der Waals surface area contributed by atoms with Crippen molar-refractivity contribution >= 4 is 11.9 Å². The first-order chi connectivity index (χ1) is 9.09. The number of carbonyl (C=O) groups is 2. The van der Waals surface area contributed by atoms with Gasteiger partial charge in [0.05, 0.1) is 25.7 Å². The number of likely N-dealkylation sites (N-methyl/N-ethyl adjacent to an activating group) is 1. The molecule has 2 heterocycles. The Kier molecular flexibility index (Phi) is 4.38. The zero-order chi connectivity index (χ0) is 13.9. The van der Waals surface area contributed by atoms with Gasteiger partial charge in [-0.1, -0.05) is 6.92 Å². The van der Waals surface area contributed by atoms with Gasteiger partial charge < -0.3 is 25.2 Å². The van der Waals surface area contributed by atoms with Crippen LogP contribution in [0.2, 0.25) is 0 Å². The second-order valence-electron chi connectivity index (χ2n) is 4.99. The third-order valence-corrected chi connectivity index (χ3v) is 3.68. The number of hydrogen-bond acceptors (Lipinski definition) is 5. The average Bonchev–Trinajstić information content (AvgIpc) is 2.99. The molecule has 3 N–H and O–H groups in total. The van der Waals surface area contributed by atoms with Gasteiger partial charge >= 0.3 is 5.97 Å². The van der Waals surface area contributed by atoms with E-state index in [9.17, 15) is 14.7 Å². The summed E-state index contributed by atoms with van der Waals surface area (Å²) in [6, 6.07) is -0.0573. The van der Waals surface area contributed by atoms with Crippen LogP contribution >= 0.6 is 0 Å². The lowest BCUT2D eigenvalue weighted by Crippen LogP contribution is -2.58. The molecule has 0 aromatic rings. The summed E-state index contributed by atoms with van der Waals surface area (Å²) < 4.78 is 10.4. The van der Waals surface area contributed by atoms with E-state index in [1.54, 1.807) is 0 Å². The standard InChI is InChI=1S/C12H20N2O5/c1-2-13-9-6-19-5-8(9)10(15)14-12(11(16)17)3-4-18-7-12/h8-9,13H,2-7H2,1H3,(H,14,15)(H,16,17). The summed E-state index contributed by atoms with van der Waals surface area (Å²) >= 11 is 0. The molecule has 7 nitrogen and oxygen atoms in total. The normalized spacial score (nSPS) is 34.4. The van der Waals surface area contributed by atoms with E-state index in [-0.39, 0.29) is 24.5 Å². The van der Waals surface area contributed by atoms with Crippen LogP contribution in [0.3, 0.4) is 0 Å². The van der Waals surface area contributed by atoms with E-state index in [1.165, 1.54) is 0 Å². The maximum Gasteiger partial charge on any atom is 0.331 e. The third kappa shape index (κ3) is 2.88. The summed E-state index contributed by atoms with van der Waals surface area (Å²) in [4.78, 5) is 23.6. The molecule has 0 bridgehead atoms. The summed E-state index contributed by atoms with van der Waals surface area (Å²) in [5, 5.41) is 15.1. The van der Waals surface area contributed by atoms with Gasteiger partial charge in [0, 0.05) is 19.1 Å². The third-order valence-electron chi connectivity index (χ3n) is 3.68. The fourth-order valence-corrected chi connectivity index (χ4v) is 2.49. The maximum atomic E-state index is 12.2. The quantitative estimate of drug-likeness (QED) is 0.592. The lowest BCUT2D eigenvalue weighted by molar-refractivity contribution is -0.148. The van der Waals surface area contributed by atoms with E-state index in [0.717, 1.165) is 6.54 Å². The molecule has 2 rings (SSSR count). The highest BCUT2D eigenvalue weighted by atomic mass is 16.5. The van der Waals surface area contributed by atoms with E-state index in [2.05, 4.69) is 10.6 Å². The number of amides is 1. The number of aliphatic carboxylic acids is 1. The minimum absolute atomic E-state index is 0.0214. The van der Waals surface area contributed by atoms with Gasteiger partial charge in [0.15, 0.2) is 5.54 Å². The highest BCUT2D eigenvalue weighted by Gasteiger charge is 2.46. The van der Waals surface area contributed by atoms with Crippen LogP contribution in [-0.2, 0) is 19.1 Å². The number of hydrogen-bond donors (Lipinski definition) is 3. The number of carboxylic acids is 1. The van der Waals surface area contributed by atoms with E-state index >= 15 is 0 Å². The average molecular weight is 272 g/mol. The molecule has 0 aromatic heterocycles. The molecule has 0 saturated carbocycles. The lowest BCUT2D eigenvalue weighted by Gasteiger charge is -2.27. The SMILES string of the molecule is CCNC1COCC1C(=O)NC1(C(=O)O)CCOC1. The zero-order valence-electron chi connectivity index (χ0n) is 11.0. The van der Waals surface area contributed by atoms with Gasteiger partial charge in [-0.05, 0) is 6.54 Å². The van der Waals surface area contributed by atoms with Gasteiger partial charge in [0.2, 0.25) is 5.91 Å². The van der Waals surface area contributed by atoms with E-state index in [4.69, 9.17) is 9.47 Å². The smallest absolute Gasteiger partial charge is 0.331 e. The van der Waals surface area contributed by atoms with Crippen molar-refractivity contribution in [1.29, 1.82) is 0 Å². The largest absolute Gasteiger partial charge is 0.479 e. The molecule has 0 spiro atoms. The first-order valence-corrected chi connectivity index (χ1v) is 6.53. The van der Waals surface area contributed by atoms with Gasteiger partial charge in [-0.15, -0.1) is 0 Å². The van der Waals surface area contributed by atoms with Crippen molar-refractivity contribution in [1.82, 2.24) is 10.6 Å². The van der Waals surface area contributed by atoms with Crippen molar-refractivity contribution in [3.8, 4) is 0 Å². The Morgan fingerprint density at radius 2 is 2.16 bits per heavy atom. The van der Waals surface area contributed by atoms with E-state index in [0.29, 0.717) is 26.2 Å². The van der Waals surface area contributed by atoms with Crippen LogP contribution in [0.5, 0.6) is 0 Å². The minimum atomic E-state index is -1.28. The molecule has 2 aliphatic rings. The molecule has 2 saturated heterocycles. The monoisotopic (exact) mass is 272 g/mol. The predicted octanol–water partition coefficient (Wildman–Crippen LogP) is -1.03. The van der Waals surface area contributed by atoms with Crippen LogP contribution in [-0.4, -0.2) is 61.5 Å². The van der Waals surface area contributed by atoms with Crippen LogP contribution in [0.25, 0.3) is 0 Å². The van der Waals surface area contributed by atoms with Crippen LogP contribution in [0, 0.1) is 5.92 Å². The van der Waals surface area contributed by atoms with Crippen LogP contribution < -0.4 is 10.6 Å². The molecule has 108 valence electrons. The Morgan fingerprint density at radius 3 is 2.74 bits per heavy atom. The second-order valence-corrected chi connectivity index (χ2v) is 4.99. The van der Waals surface area contributed by atoms with Crippen molar-refractivity contribution < 1.29 is 24.2 Å².